The van der Waals surface area contributed by atoms with Gasteiger partial charge in [-0.2, -0.15) is 0 Å². The van der Waals surface area contributed by atoms with E-state index in [0.29, 0.717) is 0 Å². The molecule has 0 N–H and O–H groups in total. The molecule has 0 aliphatic carbocycles. The Balaban J connectivity index is 2.09. The van der Waals surface area contributed by atoms with Crippen LogP contribution in [-0.2, 0) is 11.2 Å². The molecule has 15 heavy (non-hydrogen) atoms. The Morgan fingerprint density at radius 2 is 2.13 bits per heavy atom. The van der Waals surface area contributed by atoms with Gasteiger partial charge in [-0.05, 0) is 6.42 Å². The minimum atomic E-state index is 0.791. The molecule has 0 bridgehead atoms. The average molecular weight is 207 g/mol. The molecule has 2 heterocycles. The third-order valence-electron chi connectivity index (χ3n) is 2.51. The van der Waals surface area contributed by atoms with Crippen LogP contribution in [0.1, 0.15) is 19.0 Å². The summed E-state index contributed by atoms with van der Waals surface area (Å²) < 4.78 is 5.31. The number of hydrogen-bond acceptors (Lipinski definition) is 4. The number of rotatable bonds is 3. The maximum absolute atomic E-state index is 5.31. The predicted molar refractivity (Wildman–Crippen MR) is 59.1 cm³/mol. The average Bonchev–Trinajstić information content (AvgIpc) is 2.31. The van der Waals surface area contributed by atoms with Crippen LogP contribution in [0, 0.1) is 0 Å². The lowest BCUT2D eigenvalue weighted by atomic mass is 10.2. The summed E-state index contributed by atoms with van der Waals surface area (Å²) in [7, 11) is 0. The van der Waals surface area contributed by atoms with Crippen molar-refractivity contribution in [2.24, 2.45) is 0 Å². The molecule has 1 aromatic heterocycles. The third-order valence-corrected chi connectivity index (χ3v) is 2.51. The van der Waals surface area contributed by atoms with Crippen molar-refractivity contribution in [3.63, 3.8) is 0 Å². The van der Waals surface area contributed by atoms with Gasteiger partial charge in [0, 0.05) is 19.3 Å². The molecule has 0 radical (unpaired) electrons. The van der Waals surface area contributed by atoms with Gasteiger partial charge >= 0.3 is 0 Å². The molecule has 2 rings (SSSR count). The van der Waals surface area contributed by atoms with E-state index in [4.69, 9.17) is 4.74 Å². The summed E-state index contributed by atoms with van der Waals surface area (Å²) in [5.74, 6) is 0.990. The van der Waals surface area contributed by atoms with Crippen molar-refractivity contribution in [3.8, 4) is 0 Å². The smallest absolute Gasteiger partial charge is 0.147 e. The van der Waals surface area contributed by atoms with Gasteiger partial charge < -0.3 is 9.64 Å². The van der Waals surface area contributed by atoms with Crippen LogP contribution in [0.25, 0.3) is 0 Å². The zero-order chi connectivity index (χ0) is 10.5. The van der Waals surface area contributed by atoms with Crippen molar-refractivity contribution in [3.05, 3.63) is 18.1 Å². The van der Waals surface area contributed by atoms with E-state index in [-0.39, 0.29) is 0 Å². The highest BCUT2D eigenvalue weighted by atomic mass is 16.5. The SMILES string of the molecule is CCCc1cncc(N2CCOCC2)n1. The predicted octanol–water partition coefficient (Wildman–Crippen LogP) is 1.27. The normalized spacial score (nSPS) is 16.7. The van der Waals surface area contributed by atoms with Crippen molar-refractivity contribution < 1.29 is 4.74 Å². The molecule has 4 heteroatoms. The highest BCUT2D eigenvalue weighted by Gasteiger charge is 2.12. The first kappa shape index (κ1) is 10.4. The Morgan fingerprint density at radius 1 is 1.33 bits per heavy atom. The molecular weight excluding hydrogens is 190 g/mol. The standard InChI is InChI=1S/C11H17N3O/c1-2-3-10-8-12-9-11(13-10)14-4-6-15-7-5-14/h8-9H,2-7H2,1H3. The van der Waals surface area contributed by atoms with E-state index in [1.54, 1.807) is 0 Å². The molecule has 1 aliphatic heterocycles. The summed E-state index contributed by atoms with van der Waals surface area (Å²) in [5.41, 5.74) is 1.08. The van der Waals surface area contributed by atoms with E-state index in [1.165, 1.54) is 0 Å². The second kappa shape index (κ2) is 5.07. The molecule has 82 valence electrons. The molecular formula is C11H17N3O. The minimum absolute atomic E-state index is 0.791. The summed E-state index contributed by atoms with van der Waals surface area (Å²) in [6.07, 6.45) is 5.81. The molecule has 0 aromatic carbocycles. The van der Waals surface area contributed by atoms with Crippen LogP contribution >= 0.6 is 0 Å². The first-order valence-corrected chi connectivity index (χ1v) is 5.54. The molecule has 0 spiro atoms. The number of aromatic nitrogens is 2. The third kappa shape index (κ3) is 2.65. The maximum Gasteiger partial charge on any atom is 0.147 e. The first-order chi connectivity index (χ1) is 7.40. The van der Waals surface area contributed by atoms with Crippen LogP contribution in [0.4, 0.5) is 5.82 Å². The molecule has 0 saturated carbocycles. The van der Waals surface area contributed by atoms with Crippen molar-refractivity contribution >= 4 is 5.82 Å². The van der Waals surface area contributed by atoms with Crippen molar-refractivity contribution in [2.75, 3.05) is 31.2 Å². The van der Waals surface area contributed by atoms with Crippen molar-refractivity contribution in [2.45, 2.75) is 19.8 Å². The summed E-state index contributed by atoms with van der Waals surface area (Å²) in [5, 5.41) is 0. The minimum Gasteiger partial charge on any atom is -0.378 e. The highest BCUT2D eigenvalue weighted by molar-refractivity contribution is 5.36. The Morgan fingerprint density at radius 3 is 2.87 bits per heavy atom. The van der Waals surface area contributed by atoms with Gasteiger partial charge in [0.1, 0.15) is 5.82 Å². The quantitative estimate of drug-likeness (QED) is 0.748. The van der Waals surface area contributed by atoms with Crippen molar-refractivity contribution in [1.29, 1.82) is 0 Å². The zero-order valence-electron chi connectivity index (χ0n) is 9.15. The van der Waals surface area contributed by atoms with Gasteiger partial charge in [-0.3, -0.25) is 4.98 Å². The Hall–Kier alpha value is -1.16. The molecule has 4 nitrogen and oxygen atoms in total. The van der Waals surface area contributed by atoms with Gasteiger partial charge in [0.05, 0.1) is 25.1 Å². The van der Waals surface area contributed by atoms with Crippen LogP contribution in [0.2, 0.25) is 0 Å². The van der Waals surface area contributed by atoms with Crippen molar-refractivity contribution in [1.82, 2.24) is 9.97 Å². The highest BCUT2D eigenvalue weighted by Crippen LogP contribution is 2.12. The van der Waals surface area contributed by atoms with Gasteiger partial charge in [-0.15, -0.1) is 0 Å². The first-order valence-electron chi connectivity index (χ1n) is 5.54. The van der Waals surface area contributed by atoms with E-state index in [1.807, 2.05) is 12.4 Å². The summed E-state index contributed by atoms with van der Waals surface area (Å²) in [6, 6.07) is 0. The van der Waals surface area contributed by atoms with Gasteiger partial charge in [0.15, 0.2) is 0 Å². The van der Waals surface area contributed by atoms with Gasteiger partial charge in [0.2, 0.25) is 0 Å². The summed E-state index contributed by atoms with van der Waals surface area (Å²) in [4.78, 5) is 11.1. The topological polar surface area (TPSA) is 38.2 Å². The number of nitrogens with zero attached hydrogens (tertiary/aromatic N) is 3. The maximum atomic E-state index is 5.31. The van der Waals surface area contributed by atoms with E-state index >= 15 is 0 Å². The number of ether oxygens (including phenoxy) is 1. The largest absolute Gasteiger partial charge is 0.378 e. The molecule has 1 aliphatic rings. The fraction of sp³-hybridized carbons (Fsp3) is 0.636. The van der Waals surface area contributed by atoms with E-state index < -0.39 is 0 Å². The number of hydrogen-bond donors (Lipinski definition) is 0. The Labute approximate surface area is 90.3 Å². The lowest BCUT2D eigenvalue weighted by Gasteiger charge is -2.27. The van der Waals surface area contributed by atoms with Crippen LogP contribution < -0.4 is 4.90 Å². The Bertz CT molecular complexity index is 310. The monoisotopic (exact) mass is 207 g/mol. The number of anilines is 1. The van der Waals surface area contributed by atoms with E-state index in [0.717, 1.165) is 50.7 Å². The van der Waals surface area contributed by atoms with E-state index in [2.05, 4.69) is 21.8 Å². The lowest BCUT2D eigenvalue weighted by Crippen LogP contribution is -2.36. The van der Waals surface area contributed by atoms with Crippen LogP contribution in [-0.4, -0.2) is 36.3 Å². The van der Waals surface area contributed by atoms with Gasteiger partial charge in [0.25, 0.3) is 0 Å². The molecule has 1 fully saturated rings. The Kier molecular flexibility index (Phi) is 3.50. The van der Waals surface area contributed by atoms with Gasteiger partial charge in [-0.25, -0.2) is 4.98 Å². The van der Waals surface area contributed by atoms with E-state index in [9.17, 15) is 0 Å². The molecule has 1 saturated heterocycles. The lowest BCUT2D eigenvalue weighted by molar-refractivity contribution is 0.122. The van der Waals surface area contributed by atoms with Crippen LogP contribution in [0.5, 0.6) is 0 Å². The fourth-order valence-electron chi connectivity index (χ4n) is 1.72. The second-order valence-electron chi connectivity index (χ2n) is 3.72. The van der Waals surface area contributed by atoms with Crippen LogP contribution in [0.15, 0.2) is 12.4 Å². The van der Waals surface area contributed by atoms with Gasteiger partial charge in [-0.1, -0.05) is 13.3 Å². The molecule has 0 unspecified atom stereocenters. The number of morpholine rings is 1. The zero-order valence-corrected chi connectivity index (χ0v) is 9.15. The summed E-state index contributed by atoms with van der Waals surface area (Å²) in [6.45, 7) is 5.58. The summed E-state index contributed by atoms with van der Waals surface area (Å²) >= 11 is 0. The molecule has 0 amide bonds. The molecule has 0 atom stereocenters. The van der Waals surface area contributed by atoms with Crippen LogP contribution in [0.3, 0.4) is 0 Å². The number of aryl methyl sites for hydroxylation is 1. The second-order valence-corrected chi connectivity index (χ2v) is 3.72. The molecule has 1 aromatic rings. The fourth-order valence-corrected chi connectivity index (χ4v) is 1.72.